The van der Waals surface area contributed by atoms with Gasteiger partial charge in [-0.2, -0.15) is 0 Å². The molecule has 0 saturated heterocycles. The Bertz CT molecular complexity index is 3450. The quantitative estimate of drug-likeness (QED) is 0.160. The van der Waals surface area contributed by atoms with Gasteiger partial charge in [0.2, 0.25) is 0 Å². The van der Waals surface area contributed by atoms with Crippen LogP contribution < -0.4 is 0 Å². The summed E-state index contributed by atoms with van der Waals surface area (Å²) in [6.45, 7) is 0. The molecule has 63 heavy (non-hydrogen) atoms. The highest BCUT2D eigenvalue weighted by molar-refractivity contribution is 6.06. The summed E-state index contributed by atoms with van der Waals surface area (Å²) in [7, 11) is 0. The largest absolute Gasteiger partial charge is 0.228 e. The highest BCUT2D eigenvalue weighted by atomic mass is 14.9. The Morgan fingerprint density at radius 1 is 0.286 bits per heavy atom. The van der Waals surface area contributed by atoms with Gasteiger partial charge < -0.3 is 0 Å². The van der Waals surface area contributed by atoms with E-state index in [0.29, 0.717) is 5.82 Å². The Hall–Kier alpha value is -8.20. The lowest BCUT2D eigenvalue weighted by molar-refractivity contribution is 0.775. The Morgan fingerprint density at radius 3 is 1.51 bits per heavy atom. The number of hydrogen-bond donors (Lipinski definition) is 0. The molecule has 0 N–H and O–H groups in total. The predicted molar refractivity (Wildman–Crippen MR) is 262 cm³/mol. The third-order valence-corrected chi connectivity index (χ3v) is 13.0. The van der Waals surface area contributed by atoms with Crippen molar-refractivity contribution in [2.24, 2.45) is 0 Å². The molecular formula is C61H40N2. The summed E-state index contributed by atoms with van der Waals surface area (Å²) < 4.78 is 0. The first-order chi connectivity index (χ1) is 31.3. The number of aromatic nitrogens is 2. The van der Waals surface area contributed by atoms with E-state index >= 15 is 0 Å². The first-order valence-electron chi connectivity index (χ1n) is 21.7. The van der Waals surface area contributed by atoms with Crippen molar-refractivity contribution < 1.29 is 0 Å². The molecule has 12 rings (SSSR count). The van der Waals surface area contributed by atoms with Crippen LogP contribution in [0.25, 0.3) is 88.8 Å². The van der Waals surface area contributed by atoms with Gasteiger partial charge in [-0.3, -0.25) is 0 Å². The highest BCUT2D eigenvalue weighted by Gasteiger charge is 2.47. The van der Waals surface area contributed by atoms with Gasteiger partial charge in [0.05, 0.1) is 16.8 Å². The minimum atomic E-state index is -0.504. The van der Waals surface area contributed by atoms with Crippen LogP contribution in [0.4, 0.5) is 0 Å². The summed E-state index contributed by atoms with van der Waals surface area (Å²) in [5, 5.41) is 4.78. The van der Waals surface area contributed by atoms with E-state index in [4.69, 9.17) is 9.97 Å². The topological polar surface area (TPSA) is 25.8 Å². The number of benzene rings is 10. The van der Waals surface area contributed by atoms with Crippen LogP contribution in [0, 0.1) is 0 Å². The molecule has 0 amide bonds. The Kier molecular flexibility index (Phi) is 8.76. The minimum absolute atomic E-state index is 0.504. The van der Waals surface area contributed by atoms with E-state index in [0.717, 1.165) is 50.0 Å². The molecule has 2 nitrogen and oxygen atoms in total. The number of hydrogen-bond acceptors (Lipinski definition) is 2. The molecule has 0 radical (unpaired) electrons. The summed E-state index contributed by atoms with van der Waals surface area (Å²) >= 11 is 0. The average Bonchev–Trinajstić information content (AvgIpc) is 3.68. The monoisotopic (exact) mass is 800 g/mol. The lowest BCUT2D eigenvalue weighted by Gasteiger charge is -2.34. The lowest BCUT2D eigenvalue weighted by atomic mass is 9.66. The van der Waals surface area contributed by atoms with E-state index in [-0.39, 0.29) is 0 Å². The second-order valence-corrected chi connectivity index (χ2v) is 16.4. The van der Waals surface area contributed by atoms with Gasteiger partial charge in [0.15, 0.2) is 5.82 Å². The fourth-order valence-electron chi connectivity index (χ4n) is 10.2. The van der Waals surface area contributed by atoms with E-state index in [1.807, 2.05) is 6.07 Å². The van der Waals surface area contributed by atoms with Gasteiger partial charge in [0.1, 0.15) is 0 Å². The molecule has 0 unspecified atom stereocenters. The smallest absolute Gasteiger partial charge is 0.161 e. The van der Waals surface area contributed by atoms with Crippen LogP contribution in [-0.2, 0) is 5.41 Å². The SMILES string of the molecule is c1ccc(-c2cc(-c3ccccc3-c3ccccc3)nc(-c3ccc(-c4ccc5c(c4)-c4ccc6ccccc6c4C5(c4ccccc4)c4ccccc4)c4ccccc34)n2)cc1. The summed E-state index contributed by atoms with van der Waals surface area (Å²) in [4.78, 5) is 10.7. The molecule has 0 saturated carbocycles. The van der Waals surface area contributed by atoms with E-state index < -0.39 is 5.41 Å². The number of fused-ring (bicyclic) bond motifs is 6. The molecule has 2 heteroatoms. The third-order valence-electron chi connectivity index (χ3n) is 13.0. The van der Waals surface area contributed by atoms with Gasteiger partial charge in [-0.15, -0.1) is 0 Å². The van der Waals surface area contributed by atoms with Crippen molar-refractivity contribution in [1.82, 2.24) is 9.97 Å². The van der Waals surface area contributed by atoms with Gasteiger partial charge in [-0.05, 0) is 95.4 Å². The van der Waals surface area contributed by atoms with Crippen molar-refractivity contribution in [2.75, 3.05) is 0 Å². The summed E-state index contributed by atoms with van der Waals surface area (Å²) in [5.74, 6) is 0.697. The predicted octanol–water partition coefficient (Wildman–Crippen LogP) is 15.5. The molecule has 0 aliphatic heterocycles. The second-order valence-electron chi connectivity index (χ2n) is 16.4. The highest BCUT2D eigenvalue weighted by Crippen LogP contribution is 2.58. The molecule has 0 bridgehead atoms. The zero-order valence-electron chi connectivity index (χ0n) is 34.5. The maximum Gasteiger partial charge on any atom is 0.161 e. The van der Waals surface area contributed by atoms with Gasteiger partial charge in [0.25, 0.3) is 0 Å². The molecule has 10 aromatic carbocycles. The molecule has 0 fully saturated rings. The normalized spacial score (nSPS) is 12.6. The van der Waals surface area contributed by atoms with Gasteiger partial charge in [-0.1, -0.05) is 224 Å². The summed E-state index contributed by atoms with van der Waals surface area (Å²) in [6.07, 6.45) is 0. The molecule has 11 aromatic rings. The minimum Gasteiger partial charge on any atom is -0.228 e. The van der Waals surface area contributed by atoms with E-state index in [1.165, 1.54) is 55.3 Å². The van der Waals surface area contributed by atoms with Crippen LogP contribution in [0.15, 0.2) is 243 Å². The third kappa shape index (κ3) is 5.95. The Balaban J connectivity index is 1.06. The van der Waals surface area contributed by atoms with Crippen molar-refractivity contribution in [3.63, 3.8) is 0 Å². The molecule has 294 valence electrons. The molecule has 1 aromatic heterocycles. The molecular weight excluding hydrogens is 761 g/mol. The van der Waals surface area contributed by atoms with Crippen molar-refractivity contribution in [1.29, 1.82) is 0 Å². The maximum atomic E-state index is 5.40. The zero-order chi connectivity index (χ0) is 41.7. The zero-order valence-corrected chi connectivity index (χ0v) is 34.5. The van der Waals surface area contributed by atoms with Gasteiger partial charge in [-0.25, -0.2) is 9.97 Å². The molecule has 1 aliphatic carbocycles. The van der Waals surface area contributed by atoms with Crippen molar-refractivity contribution >= 4 is 21.5 Å². The second kappa shape index (κ2) is 15.1. The Labute approximate surface area is 367 Å². The van der Waals surface area contributed by atoms with E-state index in [2.05, 4.69) is 237 Å². The fraction of sp³-hybridized carbons (Fsp3) is 0.0164. The standard InChI is InChI=1S/C61H40N2/c1-5-19-41(20-6-1)47-28-15-18-32-52(47)58-40-57(43-22-7-2-8-23-43)62-60(63-58)54-37-36-48(50-30-16-17-31-51(50)54)44-34-38-56-55(39-44)53-35-33-42-21-13-14-29-49(42)59(53)61(56,45-24-9-3-10-25-45)46-26-11-4-12-27-46/h1-40H. The van der Waals surface area contributed by atoms with Crippen LogP contribution in [0.5, 0.6) is 0 Å². The number of nitrogens with zero attached hydrogens (tertiary/aromatic N) is 2. The summed E-state index contributed by atoms with van der Waals surface area (Å²) in [6, 6.07) is 87.7. The van der Waals surface area contributed by atoms with Gasteiger partial charge in [0, 0.05) is 16.7 Å². The average molecular weight is 801 g/mol. The van der Waals surface area contributed by atoms with Crippen LogP contribution in [0.3, 0.4) is 0 Å². The first kappa shape index (κ1) is 36.6. The van der Waals surface area contributed by atoms with Crippen LogP contribution in [0.2, 0.25) is 0 Å². The van der Waals surface area contributed by atoms with Crippen LogP contribution in [0.1, 0.15) is 22.3 Å². The lowest BCUT2D eigenvalue weighted by Crippen LogP contribution is -2.28. The molecule has 1 aliphatic rings. The number of rotatable bonds is 7. The molecule has 0 spiro atoms. The van der Waals surface area contributed by atoms with Crippen molar-refractivity contribution in [3.8, 4) is 67.3 Å². The van der Waals surface area contributed by atoms with Crippen molar-refractivity contribution in [3.05, 3.63) is 265 Å². The van der Waals surface area contributed by atoms with Crippen LogP contribution >= 0.6 is 0 Å². The molecule has 1 heterocycles. The van der Waals surface area contributed by atoms with Crippen molar-refractivity contribution in [2.45, 2.75) is 5.41 Å². The fourth-order valence-corrected chi connectivity index (χ4v) is 10.2. The first-order valence-corrected chi connectivity index (χ1v) is 21.7. The van der Waals surface area contributed by atoms with Crippen LogP contribution in [-0.4, -0.2) is 9.97 Å². The molecule has 0 atom stereocenters. The Morgan fingerprint density at radius 2 is 0.810 bits per heavy atom. The summed E-state index contributed by atoms with van der Waals surface area (Å²) in [5.41, 5.74) is 16.7. The van der Waals surface area contributed by atoms with E-state index in [9.17, 15) is 0 Å². The van der Waals surface area contributed by atoms with E-state index in [1.54, 1.807) is 0 Å². The van der Waals surface area contributed by atoms with Gasteiger partial charge >= 0.3 is 0 Å². The maximum absolute atomic E-state index is 5.40.